The molecule has 0 saturated heterocycles. The van der Waals surface area contributed by atoms with Crippen molar-refractivity contribution in [3.63, 3.8) is 0 Å². The van der Waals surface area contributed by atoms with Crippen molar-refractivity contribution in [3.05, 3.63) is 29.6 Å². The topological polar surface area (TPSA) is 45.2 Å². The van der Waals surface area contributed by atoms with Crippen LogP contribution in [0, 0.1) is 6.92 Å². The number of hydrogen-bond donors (Lipinski definition) is 2. The van der Waals surface area contributed by atoms with Crippen molar-refractivity contribution in [2.24, 2.45) is 0 Å². The maximum Gasteiger partial charge on any atom is 0.0582 e. The van der Waals surface area contributed by atoms with Crippen LogP contribution in [-0.2, 0) is 6.54 Å². The minimum Gasteiger partial charge on any atom is -0.395 e. The number of nitrogens with one attached hydrogen (secondary N) is 1. The van der Waals surface area contributed by atoms with Crippen LogP contribution in [0.5, 0.6) is 0 Å². The number of aliphatic hydroxyl groups excluding tert-OH is 1. The van der Waals surface area contributed by atoms with Crippen molar-refractivity contribution in [2.75, 3.05) is 6.61 Å². The molecule has 3 nitrogen and oxygen atoms in total. The standard InChI is InChI=1S/C10H16N2O/c1-8-4-3-5-11-10(8)6-12-9(2)7-13/h3-5,9,12-13H,6-7H2,1-2H3/t9-/m1/s1. The molecular formula is C10H16N2O. The Hall–Kier alpha value is -0.930. The molecule has 0 saturated carbocycles. The molecule has 0 amide bonds. The van der Waals surface area contributed by atoms with E-state index in [1.165, 1.54) is 5.56 Å². The van der Waals surface area contributed by atoms with E-state index in [-0.39, 0.29) is 12.6 Å². The van der Waals surface area contributed by atoms with Gasteiger partial charge in [0.2, 0.25) is 0 Å². The highest BCUT2D eigenvalue weighted by atomic mass is 16.3. The molecule has 0 radical (unpaired) electrons. The van der Waals surface area contributed by atoms with Crippen molar-refractivity contribution >= 4 is 0 Å². The number of rotatable bonds is 4. The second kappa shape index (κ2) is 4.94. The lowest BCUT2D eigenvalue weighted by Crippen LogP contribution is -2.29. The Kier molecular flexibility index (Phi) is 3.86. The van der Waals surface area contributed by atoms with E-state index in [1.54, 1.807) is 6.20 Å². The van der Waals surface area contributed by atoms with Gasteiger partial charge in [-0.15, -0.1) is 0 Å². The lowest BCUT2D eigenvalue weighted by molar-refractivity contribution is 0.250. The van der Waals surface area contributed by atoms with Crippen LogP contribution in [0.15, 0.2) is 18.3 Å². The van der Waals surface area contributed by atoms with E-state index in [1.807, 2.05) is 26.0 Å². The van der Waals surface area contributed by atoms with E-state index in [9.17, 15) is 0 Å². The number of hydrogen-bond acceptors (Lipinski definition) is 3. The van der Waals surface area contributed by atoms with Gasteiger partial charge in [0.05, 0.1) is 12.3 Å². The third-order valence-corrected chi connectivity index (χ3v) is 2.01. The van der Waals surface area contributed by atoms with Crippen LogP contribution in [0.1, 0.15) is 18.2 Å². The van der Waals surface area contributed by atoms with Crippen molar-refractivity contribution in [1.82, 2.24) is 10.3 Å². The molecule has 2 N–H and O–H groups in total. The predicted octanol–water partition coefficient (Wildman–Crippen LogP) is 0.860. The average Bonchev–Trinajstić information content (AvgIpc) is 2.16. The summed E-state index contributed by atoms with van der Waals surface area (Å²) in [6.45, 7) is 4.85. The molecule has 0 aromatic carbocycles. The first-order valence-corrected chi connectivity index (χ1v) is 4.48. The van der Waals surface area contributed by atoms with Gasteiger partial charge in [-0.3, -0.25) is 4.98 Å². The van der Waals surface area contributed by atoms with Crippen molar-refractivity contribution in [3.8, 4) is 0 Å². The fourth-order valence-electron chi connectivity index (χ4n) is 1.04. The van der Waals surface area contributed by atoms with Crippen LogP contribution < -0.4 is 5.32 Å². The van der Waals surface area contributed by atoms with Gasteiger partial charge in [0.15, 0.2) is 0 Å². The second-order valence-corrected chi connectivity index (χ2v) is 3.23. The lowest BCUT2D eigenvalue weighted by atomic mass is 10.2. The summed E-state index contributed by atoms with van der Waals surface area (Å²) in [6.07, 6.45) is 1.79. The summed E-state index contributed by atoms with van der Waals surface area (Å²) in [4.78, 5) is 4.24. The summed E-state index contributed by atoms with van der Waals surface area (Å²) < 4.78 is 0. The van der Waals surface area contributed by atoms with Crippen molar-refractivity contribution in [1.29, 1.82) is 0 Å². The molecule has 72 valence electrons. The monoisotopic (exact) mass is 180 g/mol. The van der Waals surface area contributed by atoms with E-state index in [4.69, 9.17) is 5.11 Å². The fraction of sp³-hybridized carbons (Fsp3) is 0.500. The van der Waals surface area contributed by atoms with Crippen LogP contribution in [0.4, 0.5) is 0 Å². The van der Waals surface area contributed by atoms with Gasteiger partial charge < -0.3 is 10.4 Å². The summed E-state index contributed by atoms with van der Waals surface area (Å²) in [5, 5.41) is 12.0. The van der Waals surface area contributed by atoms with Gasteiger partial charge in [0.1, 0.15) is 0 Å². The number of aliphatic hydroxyl groups is 1. The van der Waals surface area contributed by atoms with Crippen molar-refractivity contribution in [2.45, 2.75) is 26.4 Å². The summed E-state index contributed by atoms with van der Waals surface area (Å²) in [6, 6.07) is 4.09. The minimum atomic E-state index is 0.126. The van der Waals surface area contributed by atoms with Gasteiger partial charge in [0.25, 0.3) is 0 Å². The molecule has 1 aromatic heterocycles. The van der Waals surface area contributed by atoms with Gasteiger partial charge in [-0.05, 0) is 25.5 Å². The molecule has 0 aliphatic carbocycles. The van der Waals surface area contributed by atoms with E-state index in [0.29, 0.717) is 6.54 Å². The lowest BCUT2D eigenvalue weighted by Gasteiger charge is -2.10. The van der Waals surface area contributed by atoms with Crippen LogP contribution in [0.2, 0.25) is 0 Å². The molecule has 0 bridgehead atoms. The summed E-state index contributed by atoms with van der Waals surface area (Å²) >= 11 is 0. The predicted molar refractivity (Wildman–Crippen MR) is 52.4 cm³/mol. The Morgan fingerprint density at radius 2 is 2.38 bits per heavy atom. The van der Waals surface area contributed by atoms with Gasteiger partial charge in [-0.25, -0.2) is 0 Å². The Morgan fingerprint density at radius 1 is 1.62 bits per heavy atom. The average molecular weight is 180 g/mol. The SMILES string of the molecule is Cc1cccnc1CN[C@H](C)CO. The normalized spacial score (nSPS) is 12.8. The molecule has 0 fully saturated rings. The van der Waals surface area contributed by atoms with Crippen LogP contribution in [0.25, 0.3) is 0 Å². The quantitative estimate of drug-likeness (QED) is 0.722. The van der Waals surface area contributed by atoms with Gasteiger partial charge in [-0.1, -0.05) is 6.07 Å². The van der Waals surface area contributed by atoms with E-state index in [0.717, 1.165) is 5.69 Å². The largest absolute Gasteiger partial charge is 0.395 e. The van der Waals surface area contributed by atoms with Crippen LogP contribution >= 0.6 is 0 Å². The highest BCUT2D eigenvalue weighted by molar-refractivity contribution is 5.17. The Bertz CT molecular complexity index is 263. The molecular weight excluding hydrogens is 164 g/mol. The molecule has 0 aliphatic heterocycles. The minimum absolute atomic E-state index is 0.126. The van der Waals surface area contributed by atoms with E-state index < -0.39 is 0 Å². The first-order valence-electron chi connectivity index (χ1n) is 4.48. The van der Waals surface area contributed by atoms with Gasteiger partial charge >= 0.3 is 0 Å². The molecule has 1 rings (SSSR count). The van der Waals surface area contributed by atoms with Gasteiger partial charge in [-0.2, -0.15) is 0 Å². The Balaban J connectivity index is 2.50. The number of pyridine rings is 1. The number of aromatic nitrogens is 1. The highest BCUT2D eigenvalue weighted by Gasteiger charge is 2.01. The summed E-state index contributed by atoms with van der Waals surface area (Å²) in [5.41, 5.74) is 2.22. The molecule has 0 unspecified atom stereocenters. The molecule has 13 heavy (non-hydrogen) atoms. The summed E-state index contributed by atoms with van der Waals surface area (Å²) in [7, 11) is 0. The first kappa shape index (κ1) is 10.2. The van der Waals surface area contributed by atoms with E-state index >= 15 is 0 Å². The number of nitrogens with zero attached hydrogens (tertiary/aromatic N) is 1. The zero-order valence-corrected chi connectivity index (χ0v) is 8.12. The summed E-state index contributed by atoms with van der Waals surface area (Å²) in [5.74, 6) is 0. The van der Waals surface area contributed by atoms with Crippen LogP contribution in [-0.4, -0.2) is 22.7 Å². The third-order valence-electron chi connectivity index (χ3n) is 2.01. The second-order valence-electron chi connectivity index (χ2n) is 3.23. The molecule has 1 heterocycles. The van der Waals surface area contributed by atoms with Crippen molar-refractivity contribution < 1.29 is 5.11 Å². The van der Waals surface area contributed by atoms with E-state index in [2.05, 4.69) is 10.3 Å². The first-order chi connectivity index (χ1) is 6.24. The Labute approximate surface area is 78.8 Å². The molecule has 3 heteroatoms. The highest BCUT2D eigenvalue weighted by Crippen LogP contribution is 2.02. The zero-order valence-electron chi connectivity index (χ0n) is 8.12. The zero-order chi connectivity index (χ0) is 9.68. The molecule has 0 aliphatic rings. The fourth-order valence-corrected chi connectivity index (χ4v) is 1.04. The smallest absolute Gasteiger partial charge is 0.0582 e. The third kappa shape index (κ3) is 3.13. The molecule has 1 atom stereocenters. The maximum atomic E-state index is 8.80. The molecule has 1 aromatic rings. The van der Waals surface area contributed by atoms with Gasteiger partial charge in [0, 0.05) is 18.8 Å². The number of aryl methyl sites for hydroxylation is 1. The maximum absolute atomic E-state index is 8.80. The molecule has 0 spiro atoms. The van der Waals surface area contributed by atoms with Crippen LogP contribution in [0.3, 0.4) is 0 Å². The Morgan fingerprint density at radius 3 is 3.00 bits per heavy atom.